The highest BCUT2D eigenvalue weighted by Crippen LogP contribution is 2.32. The molecule has 0 radical (unpaired) electrons. The second-order valence-corrected chi connectivity index (χ2v) is 4.48. The lowest BCUT2D eigenvalue weighted by atomic mass is 10.0. The Labute approximate surface area is 116 Å². The Kier molecular flexibility index (Phi) is 6.42. The molecule has 0 saturated heterocycles. The fraction of sp³-hybridized carbons (Fsp3) is 0.571. The normalized spacial score (nSPS) is 13.5. The first kappa shape index (κ1) is 16.9. The first-order valence-corrected chi connectivity index (χ1v) is 6.51. The average molecular weight is 293 g/mol. The zero-order chi connectivity index (χ0) is 15.2. The lowest BCUT2D eigenvalue weighted by Gasteiger charge is -2.18. The van der Waals surface area contributed by atoms with E-state index in [1.165, 1.54) is 6.07 Å². The summed E-state index contributed by atoms with van der Waals surface area (Å²) in [7, 11) is 1.68. The molecule has 6 heteroatoms. The van der Waals surface area contributed by atoms with Gasteiger partial charge in [0.05, 0.1) is 5.56 Å². The lowest BCUT2D eigenvalue weighted by Crippen LogP contribution is -2.19. The maximum absolute atomic E-state index is 13.5. The number of hydrogen-bond acceptors (Lipinski definition) is 2. The number of nitrogens with one attached hydrogen (secondary N) is 1. The molecule has 0 spiro atoms. The van der Waals surface area contributed by atoms with Crippen LogP contribution in [0.5, 0.6) is 0 Å². The van der Waals surface area contributed by atoms with Gasteiger partial charge >= 0.3 is 6.18 Å². The molecule has 1 N–H and O–H groups in total. The van der Waals surface area contributed by atoms with E-state index in [1.807, 2.05) is 6.92 Å². The smallest absolute Gasteiger partial charge is 0.381 e. The van der Waals surface area contributed by atoms with Crippen molar-refractivity contribution in [2.75, 3.05) is 20.3 Å². The Hall–Kier alpha value is -1.14. The van der Waals surface area contributed by atoms with Gasteiger partial charge < -0.3 is 10.1 Å². The molecule has 0 saturated carbocycles. The van der Waals surface area contributed by atoms with Gasteiger partial charge in [-0.15, -0.1) is 0 Å². The number of halogens is 4. The SMILES string of the molecule is CCCOCCC(NC)c1ccc(C(F)(F)F)c(F)c1. The highest BCUT2D eigenvalue weighted by Gasteiger charge is 2.34. The van der Waals surface area contributed by atoms with Crippen LogP contribution in [-0.4, -0.2) is 20.3 Å². The molecule has 0 aliphatic rings. The number of rotatable bonds is 7. The van der Waals surface area contributed by atoms with E-state index in [0.717, 1.165) is 18.6 Å². The van der Waals surface area contributed by atoms with Gasteiger partial charge in [-0.2, -0.15) is 13.2 Å². The summed E-state index contributed by atoms with van der Waals surface area (Å²) in [6.07, 6.45) is -3.19. The molecular weight excluding hydrogens is 274 g/mol. The number of benzene rings is 1. The predicted molar refractivity (Wildman–Crippen MR) is 68.9 cm³/mol. The number of alkyl halides is 3. The maximum atomic E-state index is 13.5. The van der Waals surface area contributed by atoms with Crippen LogP contribution in [0.3, 0.4) is 0 Å². The van der Waals surface area contributed by atoms with E-state index in [9.17, 15) is 17.6 Å². The van der Waals surface area contributed by atoms with E-state index < -0.39 is 17.6 Å². The topological polar surface area (TPSA) is 21.3 Å². The lowest BCUT2D eigenvalue weighted by molar-refractivity contribution is -0.140. The molecule has 1 atom stereocenters. The molecule has 0 fully saturated rings. The van der Waals surface area contributed by atoms with Crippen LogP contribution in [0, 0.1) is 5.82 Å². The zero-order valence-corrected chi connectivity index (χ0v) is 11.6. The zero-order valence-electron chi connectivity index (χ0n) is 11.6. The highest BCUT2D eigenvalue weighted by molar-refractivity contribution is 5.28. The fourth-order valence-electron chi connectivity index (χ4n) is 1.90. The van der Waals surface area contributed by atoms with Crippen molar-refractivity contribution in [3.63, 3.8) is 0 Å². The van der Waals surface area contributed by atoms with E-state index in [2.05, 4.69) is 5.32 Å². The molecule has 0 aliphatic carbocycles. The van der Waals surface area contributed by atoms with Gasteiger partial charge in [-0.1, -0.05) is 13.0 Å². The molecule has 0 bridgehead atoms. The van der Waals surface area contributed by atoms with E-state index in [1.54, 1.807) is 7.05 Å². The van der Waals surface area contributed by atoms with Crippen LogP contribution in [0.15, 0.2) is 18.2 Å². The molecule has 0 amide bonds. The number of hydrogen-bond donors (Lipinski definition) is 1. The molecule has 114 valence electrons. The second-order valence-electron chi connectivity index (χ2n) is 4.48. The summed E-state index contributed by atoms with van der Waals surface area (Å²) < 4.78 is 56.3. The molecule has 1 aromatic rings. The van der Waals surface area contributed by atoms with Crippen LogP contribution in [0.1, 0.15) is 36.9 Å². The average Bonchev–Trinajstić information content (AvgIpc) is 2.37. The Balaban J connectivity index is 2.76. The van der Waals surface area contributed by atoms with Gasteiger partial charge in [0, 0.05) is 19.3 Å². The second kappa shape index (κ2) is 7.59. The van der Waals surface area contributed by atoms with Gasteiger partial charge in [0.25, 0.3) is 0 Å². The third-order valence-corrected chi connectivity index (χ3v) is 2.95. The van der Waals surface area contributed by atoms with Gasteiger partial charge in [0.2, 0.25) is 0 Å². The van der Waals surface area contributed by atoms with Crippen LogP contribution in [0.25, 0.3) is 0 Å². The Morgan fingerprint density at radius 3 is 2.45 bits per heavy atom. The Bertz CT molecular complexity index is 420. The Morgan fingerprint density at radius 1 is 1.25 bits per heavy atom. The van der Waals surface area contributed by atoms with Gasteiger partial charge in [0.1, 0.15) is 5.82 Å². The minimum absolute atomic E-state index is 0.233. The predicted octanol–water partition coefficient (Wildman–Crippen LogP) is 3.92. The van der Waals surface area contributed by atoms with Crippen LogP contribution < -0.4 is 5.32 Å². The van der Waals surface area contributed by atoms with E-state index >= 15 is 0 Å². The molecule has 0 heterocycles. The van der Waals surface area contributed by atoms with Crippen molar-refractivity contribution in [2.45, 2.75) is 32.0 Å². The van der Waals surface area contributed by atoms with Crippen molar-refractivity contribution in [1.82, 2.24) is 5.32 Å². The van der Waals surface area contributed by atoms with Crippen molar-refractivity contribution in [1.29, 1.82) is 0 Å². The Morgan fingerprint density at radius 2 is 1.95 bits per heavy atom. The van der Waals surface area contributed by atoms with Crippen molar-refractivity contribution in [2.24, 2.45) is 0 Å². The summed E-state index contributed by atoms with van der Waals surface area (Å²) in [5.74, 6) is -1.25. The van der Waals surface area contributed by atoms with E-state index in [-0.39, 0.29) is 6.04 Å². The van der Waals surface area contributed by atoms with Crippen LogP contribution in [0.2, 0.25) is 0 Å². The molecule has 0 aliphatic heterocycles. The summed E-state index contributed by atoms with van der Waals surface area (Å²) in [6.45, 7) is 3.10. The summed E-state index contributed by atoms with van der Waals surface area (Å²) in [5, 5.41) is 2.95. The minimum atomic E-state index is -4.66. The summed E-state index contributed by atoms with van der Waals surface area (Å²) in [4.78, 5) is 0. The molecule has 1 aromatic carbocycles. The fourth-order valence-corrected chi connectivity index (χ4v) is 1.90. The summed E-state index contributed by atoms with van der Waals surface area (Å²) >= 11 is 0. The van der Waals surface area contributed by atoms with Gasteiger partial charge in [-0.05, 0) is 37.6 Å². The highest BCUT2D eigenvalue weighted by atomic mass is 19.4. The molecule has 1 unspecified atom stereocenters. The minimum Gasteiger partial charge on any atom is -0.381 e. The van der Waals surface area contributed by atoms with Crippen molar-refractivity contribution >= 4 is 0 Å². The quantitative estimate of drug-likeness (QED) is 0.607. The third kappa shape index (κ3) is 4.76. The van der Waals surface area contributed by atoms with Crippen molar-refractivity contribution in [3.05, 3.63) is 35.1 Å². The first-order valence-electron chi connectivity index (χ1n) is 6.51. The molecule has 2 nitrogen and oxygen atoms in total. The summed E-state index contributed by atoms with van der Waals surface area (Å²) in [5.41, 5.74) is -0.753. The van der Waals surface area contributed by atoms with Crippen molar-refractivity contribution in [3.8, 4) is 0 Å². The van der Waals surface area contributed by atoms with Gasteiger partial charge in [-0.3, -0.25) is 0 Å². The number of ether oxygens (including phenoxy) is 1. The third-order valence-electron chi connectivity index (χ3n) is 2.95. The van der Waals surface area contributed by atoms with Crippen LogP contribution in [0.4, 0.5) is 17.6 Å². The molecule has 20 heavy (non-hydrogen) atoms. The summed E-state index contributed by atoms with van der Waals surface area (Å²) in [6, 6.07) is 2.78. The standard InChI is InChI=1S/C14H19F4NO/c1-3-7-20-8-6-13(19-2)10-4-5-11(12(15)9-10)14(16,17)18/h4-5,9,13,19H,3,6-8H2,1-2H3. The maximum Gasteiger partial charge on any atom is 0.419 e. The van der Waals surface area contributed by atoms with Crippen LogP contribution >= 0.6 is 0 Å². The molecule has 1 rings (SSSR count). The van der Waals surface area contributed by atoms with E-state index in [0.29, 0.717) is 25.2 Å². The molecule has 0 aromatic heterocycles. The first-order chi connectivity index (χ1) is 9.40. The largest absolute Gasteiger partial charge is 0.419 e. The monoisotopic (exact) mass is 293 g/mol. The van der Waals surface area contributed by atoms with Crippen LogP contribution in [-0.2, 0) is 10.9 Å². The van der Waals surface area contributed by atoms with Crippen molar-refractivity contribution < 1.29 is 22.3 Å². The van der Waals surface area contributed by atoms with E-state index in [4.69, 9.17) is 4.74 Å². The molecular formula is C14H19F4NO. The van der Waals surface area contributed by atoms with Gasteiger partial charge in [0.15, 0.2) is 0 Å². The van der Waals surface area contributed by atoms with Gasteiger partial charge in [-0.25, -0.2) is 4.39 Å².